The summed E-state index contributed by atoms with van der Waals surface area (Å²) in [6.45, 7) is 10.2. The number of hydrogen-bond acceptors (Lipinski definition) is 7. The van der Waals surface area contributed by atoms with E-state index in [1.54, 1.807) is 24.5 Å². The molecule has 1 aromatic carbocycles. The fraction of sp³-hybridized carbons (Fsp3) is 0.500. The first kappa shape index (κ1) is 33.3. The van der Waals surface area contributed by atoms with Crippen LogP contribution in [0.25, 0.3) is 0 Å². The zero-order chi connectivity index (χ0) is 31.5. The van der Waals surface area contributed by atoms with E-state index in [2.05, 4.69) is 20.4 Å². The third kappa shape index (κ3) is 10.6. The van der Waals surface area contributed by atoms with Gasteiger partial charge in [0, 0.05) is 61.2 Å². The molecule has 0 aromatic heterocycles. The summed E-state index contributed by atoms with van der Waals surface area (Å²) in [5, 5.41) is 6.38. The molecule has 0 spiro atoms. The zero-order valence-corrected chi connectivity index (χ0v) is 26.8. The Labute approximate surface area is 266 Å². The number of halogens is 1. The minimum Gasteiger partial charge on any atom is -0.462 e. The van der Waals surface area contributed by atoms with Gasteiger partial charge in [0.05, 0.1) is 0 Å². The van der Waals surface area contributed by atoms with Gasteiger partial charge in [-0.15, -0.1) is 0 Å². The molecular weight excluding hydrogens is 580 g/mol. The van der Waals surface area contributed by atoms with Crippen molar-refractivity contribution in [1.29, 1.82) is 0 Å². The first-order chi connectivity index (χ1) is 21.1. The first-order valence-electron chi connectivity index (χ1n) is 15.6. The van der Waals surface area contributed by atoms with Crippen LogP contribution < -0.4 is 10.6 Å². The molecule has 0 saturated carbocycles. The van der Waals surface area contributed by atoms with Gasteiger partial charge in [-0.05, 0) is 95.7 Å². The van der Waals surface area contributed by atoms with Gasteiger partial charge < -0.3 is 29.9 Å². The van der Waals surface area contributed by atoms with Crippen LogP contribution in [0.1, 0.15) is 81.1 Å². The number of likely N-dealkylation sites (tertiary alicyclic amines) is 1. The van der Waals surface area contributed by atoms with Crippen molar-refractivity contribution in [3.63, 3.8) is 0 Å². The van der Waals surface area contributed by atoms with Crippen molar-refractivity contribution in [1.82, 2.24) is 20.4 Å². The van der Waals surface area contributed by atoms with Gasteiger partial charge in [0.1, 0.15) is 17.6 Å². The number of hydrogen-bond donors (Lipinski definition) is 2. The predicted octanol–water partition coefficient (Wildman–Crippen LogP) is 6.04. The smallest absolute Gasteiger partial charge is 0.407 e. The Kier molecular flexibility index (Phi) is 12.1. The zero-order valence-electron chi connectivity index (χ0n) is 26.1. The molecule has 0 atom stereocenters. The number of amides is 2. The average molecular weight is 625 g/mol. The minimum absolute atomic E-state index is 0.0823. The van der Waals surface area contributed by atoms with Gasteiger partial charge >= 0.3 is 6.09 Å². The van der Waals surface area contributed by atoms with Gasteiger partial charge in [-0.25, -0.2) is 4.79 Å². The third-order valence-corrected chi connectivity index (χ3v) is 8.00. The van der Waals surface area contributed by atoms with Crippen LogP contribution in [0.4, 0.5) is 4.79 Å². The molecule has 4 rings (SSSR count). The molecule has 0 radical (unpaired) electrons. The van der Waals surface area contributed by atoms with Crippen LogP contribution in [0.5, 0.6) is 0 Å². The maximum absolute atomic E-state index is 13.2. The Morgan fingerprint density at radius 2 is 1.82 bits per heavy atom. The van der Waals surface area contributed by atoms with Crippen LogP contribution >= 0.6 is 11.6 Å². The number of piperidine rings is 1. The molecule has 9 nitrogen and oxygen atoms in total. The lowest BCUT2D eigenvalue weighted by Crippen LogP contribution is -2.38. The summed E-state index contributed by atoms with van der Waals surface area (Å²) in [6, 6.07) is 5.66. The second-order valence-corrected chi connectivity index (χ2v) is 12.9. The number of rotatable bonds is 12. The van der Waals surface area contributed by atoms with Gasteiger partial charge in [-0.2, -0.15) is 0 Å². The fourth-order valence-corrected chi connectivity index (χ4v) is 5.66. The number of nitrogens with one attached hydrogen (secondary N) is 2. The number of alkyl carbamates (subject to hydrolysis) is 1. The SMILES string of the molecule is CC(C)(C)OC(=O)NCCCCCNC(=O)c1cc(Cl)ccc1C1CCN(CCN2C=COC(C3=CC=CC(=O)C3)=C2)CC1. The van der Waals surface area contributed by atoms with Crippen LogP contribution in [0.3, 0.4) is 0 Å². The molecule has 3 aliphatic rings. The quantitative estimate of drug-likeness (QED) is 0.273. The summed E-state index contributed by atoms with van der Waals surface area (Å²) in [5.41, 5.74) is 2.09. The highest BCUT2D eigenvalue weighted by molar-refractivity contribution is 6.31. The number of ether oxygens (including phenoxy) is 2. The van der Waals surface area contributed by atoms with Gasteiger partial charge in [0.15, 0.2) is 5.78 Å². The maximum atomic E-state index is 13.2. The molecule has 1 aromatic rings. The second kappa shape index (κ2) is 16.0. The highest BCUT2D eigenvalue weighted by Crippen LogP contribution is 2.32. The first-order valence-corrected chi connectivity index (χ1v) is 15.9. The highest BCUT2D eigenvalue weighted by atomic mass is 35.5. The van der Waals surface area contributed by atoms with Crippen molar-refractivity contribution < 1.29 is 23.9 Å². The van der Waals surface area contributed by atoms with E-state index in [-0.39, 0.29) is 11.7 Å². The molecule has 1 fully saturated rings. The van der Waals surface area contributed by atoms with Crippen LogP contribution in [0, 0.1) is 0 Å². The predicted molar refractivity (Wildman–Crippen MR) is 172 cm³/mol. The average Bonchev–Trinajstić information content (AvgIpc) is 2.99. The summed E-state index contributed by atoms with van der Waals surface area (Å²) in [4.78, 5) is 41.2. The van der Waals surface area contributed by atoms with Gasteiger partial charge in [0.2, 0.25) is 0 Å². The van der Waals surface area contributed by atoms with Gasteiger partial charge in [0.25, 0.3) is 5.91 Å². The van der Waals surface area contributed by atoms with E-state index >= 15 is 0 Å². The molecule has 2 N–H and O–H groups in total. The maximum Gasteiger partial charge on any atom is 0.407 e. The van der Waals surface area contributed by atoms with E-state index in [4.69, 9.17) is 21.1 Å². The Morgan fingerprint density at radius 3 is 2.55 bits per heavy atom. The monoisotopic (exact) mass is 624 g/mol. The standard InChI is InChI=1S/C34H45ClN4O5/c1-34(2,3)44-33(42)37-15-6-4-5-14-36-32(41)30-23-27(35)10-11-29(30)25-12-16-38(17-13-25)18-19-39-20-21-43-31(24-39)26-8-7-9-28(40)22-26/h7-11,20-21,23-25H,4-6,12-19,22H2,1-3H3,(H,36,41)(H,37,42). The van der Waals surface area contributed by atoms with Crippen molar-refractivity contribution in [2.75, 3.05) is 39.3 Å². The Balaban J connectivity index is 1.19. The van der Waals surface area contributed by atoms with Crippen LogP contribution in [0.15, 0.2) is 66.4 Å². The van der Waals surface area contributed by atoms with Crippen LogP contribution in [-0.4, -0.2) is 72.5 Å². The summed E-state index contributed by atoms with van der Waals surface area (Å²) in [6.07, 6.45) is 15.2. The molecule has 2 amide bonds. The summed E-state index contributed by atoms with van der Waals surface area (Å²) in [5.74, 6) is 0.997. The topological polar surface area (TPSA) is 100 Å². The molecule has 44 heavy (non-hydrogen) atoms. The number of ketones is 1. The third-order valence-electron chi connectivity index (χ3n) is 7.76. The minimum atomic E-state index is -0.510. The van der Waals surface area contributed by atoms with Gasteiger partial charge in [-0.1, -0.05) is 29.8 Å². The van der Waals surface area contributed by atoms with Crippen LogP contribution in [-0.2, 0) is 14.3 Å². The molecule has 10 heteroatoms. The lowest BCUT2D eigenvalue weighted by atomic mass is 9.86. The lowest BCUT2D eigenvalue weighted by molar-refractivity contribution is -0.114. The Hall–Kier alpha value is -3.56. The van der Waals surface area contributed by atoms with E-state index in [1.807, 2.05) is 51.4 Å². The normalized spacial score (nSPS) is 17.5. The molecule has 0 bridgehead atoms. The number of carbonyl (C=O) groups is 3. The number of carbonyl (C=O) groups excluding carboxylic acids is 3. The van der Waals surface area contributed by atoms with Crippen molar-refractivity contribution in [3.05, 3.63) is 82.6 Å². The van der Waals surface area contributed by atoms with Crippen molar-refractivity contribution >= 4 is 29.4 Å². The summed E-state index contributed by atoms with van der Waals surface area (Å²) in [7, 11) is 0. The van der Waals surface area contributed by atoms with Crippen molar-refractivity contribution in [3.8, 4) is 0 Å². The van der Waals surface area contributed by atoms with Crippen LogP contribution in [0.2, 0.25) is 5.02 Å². The van der Waals surface area contributed by atoms with E-state index in [0.717, 1.165) is 69.4 Å². The Morgan fingerprint density at radius 1 is 1.07 bits per heavy atom. The molecule has 1 aliphatic carbocycles. The number of allylic oxidation sites excluding steroid dienone is 4. The van der Waals surface area contributed by atoms with E-state index in [0.29, 0.717) is 41.8 Å². The van der Waals surface area contributed by atoms with E-state index in [9.17, 15) is 14.4 Å². The molecule has 0 unspecified atom stereocenters. The molecule has 1 saturated heterocycles. The number of unbranched alkanes of at least 4 members (excludes halogenated alkanes) is 2. The van der Waals surface area contributed by atoms with E-state index in [1.165, 1.54) is 0 Å². The number of benzene rings is 1. The molecular formula is C34H45ClN4O5. The van der Waals surface area contributed by atoms with E-state index < -0.39 is 11.7 Å². The fourth-order valence-electron chi connectivity index (χ4n) is 5.48. The van der Waals surface area contributed by atoms with Crippen molar-refractivity contribution in [2.24, 2.45) is 0 Å². The Bertz CT molecular complexity index is 1300. The molecule has 238 valence electrons. The summed E-state index contributed by atoms with van der Waals surface area (Å²) >= 11 is 6.31. The molecule has 2 aliphatic heterocycles. The van der Waals surface area contributed by atoms with Gasteiger partial charge in [-0.3, -0.25) is 9.59 Å². The van der Waals surface area contributed by atoms with Crippen molar-refractivity contribution in [2.45, 2.75) is 70.8 Å². The number of nitrogens with zero attached hydrogens (tertiary/aromatic N) is 2. The lowest BCUT2D eigenvalue weighted by Gasteiger charge is -2.34. The summed E-state index contributed by atoms with van der Waals surface area (Å²) < 4.78 is 10.9. The highest BCUT2D eigenvalue weighted by Gasteiger charge is 2.25. The second-order valence-electron chi connectivity index (χ2n) is 12.4. The molecule has 2 heterocycles. The largest absolute Gasteiger partial charge is 0.462 e.